The first-order chi connectivity index (χ1) is 12.8. The lowest BCUT2D eigenvalue weighted by atomic mass is 9.72. The molecule has 1 saturated heterocycles. The number of aliphatic hydroxyl groups is 1. The molecule has 0 spiro atoms. The van der Waals surface area contributed by atoms with Crippen LogP contribution in [0.15, 0.2) is 30.5 Å². The summed E-state index contributed by atoms with van der Waals surface area (Å²) in [6, 6.07) is 7.64. The molecule has 2 aromatic rings. The number of amides is 1. The Hall–Kier alpha value is -2.41. The number of para-hydroxylation sites is 1. The summed E-state index contributed by atoms with van der Waals surface area (Å²) in [6.07, 6.45) is 2.09. The molecule has 7 heteroatoms. The SMILES string of the molecule is CC(C)CC[C@@]1(C(=O)O)CN(C(=O)Cn2ncc3ccccc32)CC[C@H]1O. The van der Waals surface area contributed by atoms with Crippen LogP contribution in [0, 0.1) is 11.3 Å². The number of benzene rings is 1. The Morgan fingerprint density at radius 2 is 2.07 bits per heavy atom. The van der Waals surface area contributed by atoms with E-state index in [-0.39, 0.29) is 25.4 Å². The zero-order chi connectivity index (χ0) is 19.6. The summed E-state index contributed by atoms with van der Waals surface area (Å²) < 4.78 is 1.64. The minimum atomic E-state index is -1.30. The van der Waals surface area contributed by atoms with Crippen LogP contribution in [-0.2, 0) is 16.1 Å². The fourth-order valence-electron chi connectivity index (χ4n) is 3.78. The van der Waals surface area contributed by atoms with Gasteiger partial charge in [0.05, 0.1) is 17.8 Å². The van der Waals surface area contributed by atoms with Gasteiger partial charge in [-0.25, -0.2) is 0 Å². The standard InChI is InChI=1S/C20H27N3O4/c1-14(2)7-9-20(19(26)27)13-22(10-8-17(20)24)18(25)12-23-16-6-4-3-5-15(16)11-21-23/h3-6,11,14,17,24H,7-10,12-13H2,1-2H3,(H,26,27)/t17-,20-/m1/s1. The monoisotopic (exact) mass is 373 g/mol. The lowest BCUT2D eigenvalue weighted by Crippen LogP contribution is -2.57. The van der Waals surface area contributed by atoms with Crippen molar-refractivity contribution < 1.29 is 19.8 Å². The molecular formula is C20H27N3O4. The van der Waals surface area contributed by atoms with E-state index in [9.17, 15) is 19.8 Å². The molecule has 3 rings (SSSR count). The van der Waals surface area contributed by atoms with Gasteiger partial charge in [-0.1, -0.05) is 32.0 Å². The fourth-order valence-corrected chi connectivity index (χ4v) is 3.78. The molecule has 1 aliphatic heterocycles. The number of carboxylic acid groups (broad SMARTS) is 1. The van der Waals surface area contributed by atoms with Gasteiger partial charge in [0, 0.05) is 18.5 Å². The highest BCUT2D eigenvalue weighted by molar-refractivity contribution is 5.83. The average Bonchev–Trinajstić information content (AvgIpc) is 3.04. The maximum absolute atomic E-state index is 12.9. The van der Waals surface area contributed by atoms with Crippen molar-refractivity contribution in [2.24, 2.45) is 11.3 Å². The van der Waals surface area contributed by atoms with Crippen LogP contribution in [0.4, 0.5) is 0 Å². The summed E-state index contributed by atoms with van der Waals surface area (Å²) in [7, 11) is 0. The van der Waals surface area contributed by atoms with Gasteiger partial charge in [0.25, 0.3) is 0 Å². The van der Waals surface area contributed by atoms with Crippen molar-refractivity contribution in [2.45, 2.75) is 45.8 Å². The van der Waals surface area contributed by atoms with E-state index in [0.29, 0.717) is 25.3 Å². The number of carbonyl (C=O) groups is 2. The third-order valence-electron chi connectivity index (χ3n) is 5.57. The normalized spacial score (nSPS) is 23.1. The summed E-state index contributed by atoms with van der Waals surface area (Å²) in [6.45, 7) is 4.50. The van der Waals surface area contributed by atoms with Crippen LogP contribution < -0.4 is 0 Å². The number of carboxylic acids is 1. The highest BCUT2D eigenvalue weighted by Gasteiger charge is 2.49. The van der Waals surface area contributed by atoms with Crippen LogP contribution in [0.3, 0.4) is 0 Å². The molecule has 27 heavy (non-hydrogen) atoms. The predicted molar refractivity (Wildman–Crippen MR) is 101 cm³/mol. The van der Waals surface area contributed by atoms with E-state index in [1.807, 2.05) is 38.1 Å². The summed E-state index contributed by atoms with van der Waals surface area (Å²) in [5.41, 5.74) is -0.433. The van der Waals surface area contributed by atoms with E-state index < -0.39 is 17.5 Å². The minimum absolute atomic E-state index is 0.0360. The van der Waals surface area contributed by atoms with E-state index >= 15 is 0 Å². The van der Waals surface area contributed by atoms with Gasteiger partial charge in [-0.2, -0.15) is 5.10 Å². The van der Waals surface area contributed by atoms with Crippen molar-refractivity contribution in [3.8, 4) is 0 Å². The third kappa shape index (κ3) is 3.83. The first kappa shape index (κ1) is 19.4. The molecule has 0 radical (unpaired) electrons. The molecule has 0 saturated carbocycles. The number of aliphatic carboxylic acids is 1. The fraction of sp³-hybridized carbons (Fsp3) is 0.550. The number of hydrogen-bond donors (Lipinski definition) is 2. The minimum Gasteiger partial charge on any atom is -0.481 e. The van der Waals surface area contributed by atoms with E-state index in [2.05, 4.69) is 5.10 Å². The Labute approximate surface area is 158 Å². The van der Waals surface area contributed by atoms with Gasteiger partial charge < -0.3 is 15.1 Å². The van der Waals surface area contributed by atoms with Crippen molar-refractivity contribution in [1.82, 2.24) is 14.7 Å². The smallest absolute Gasteiger partial charge is 0.314 e. The molecule has 0 bridgehead atoms. The van der Waals surface area contributed by atoms with Crippen LogP contribution >= 0.6 is 0 Å². The zero-order valence-corrected chi connectivity index (χ0v) is 15.8. The van der Waals surface area contributed by atoms with Crippen molar-refractivity contribution in [3.05, 3.63) is 30.5 Å². The second-order valence-corrected chi connectivity index (χ2v) is 7.87. The lowest BCUT2D eigenvalue weighted by molar-refractivity contribution is -0.167. The van der Waals surface area contributed by atoms with Crippen LogP contribution in [0.5, 0.6) is 0 Å². The van der Waals surface area contributed by atoms with Crippen molar-refractivity contribution in [2.75, 3.05) is 13.1 Å². The number of likely N-dealkylation sites (tertiary alicyclic amines) is 1. The van der Waals surface area contributed by atoms with Gasteiger partial charge in [-0.05, 0) is 31.2 Å². The number of hydrogen-bond acceptors (Lipinski definition) is 4. The van der Waals surface area contributed by atoms with Crippen LogP contribution in [-0.4, -0.2) is 56.0 Å². The van der Waals surface area contributed by atoms with E-state index in [4.69, 9.17) is 0 Å². The quantitative estimate of drug-likeness (QED) is 0.809. The van der Waals surface area contributed by atoms with Crippen molar-refractivity contribution in [3.63, 3.8) is 0 Å². The Balaban J connectivity index is 1.77. The summed E-state index contributed by atoms with van der Waals surface area (Å²) in [5, 5.41) is 25.6. The summed E-state index contributed by atoms with van der Waals surface area (Å²) in [4.78, 5) is 26.5. The zero-order valence-electron chi connectivity index (χ0n) is 15.8. The largest absolute Gasteiger partial charge is 0.481 e. The number of fused-ring (bicyclic) bond motifs is 1. The highest BCUT2D eigenvalue weighted by Crippen LogP contribution is 2.36. The average molecular weight is 373 g/mol. The number of aliphatic hydroxyl groups excluding tert-OH is 1. The molecular weight excluding hydrogens is 346 g/mol. The second-order valence-electron chi connectivity index (χ2n) is 7.87. The molecule has 7 nitrogen and oxygen atoms in total. The number of nitrogens with zero attached hydrogens (tertiary/aromatic N) is 3. The Kier molecular flexibility index (Phi) is 5.51. The molecule has 0 aliphatic carbocycles. The topological polar surface area (TPSA) is 95.7 Å². The number of aromatic nitrogens is 2. The number of carbonyl (C=O) groups excluding carboxylic acids is 1. The molecule has 1 fully saturated rings. The molecule has 1 aromatic heterocycles. The second kappa shape index (κ2) is 7.68. The van der Waals surface area contributed by atoms with Gasteiger partial charge in [-0.15, -0.1) is 0 Å². The van der Waals surface area contributed by atoms with E-state index in [1.165, 1.54) is 0 Å². The molecule has 2 N–H and O–H groups in total. The molecule has 1 aliphatic rings. The highest BCUT2D eigenvalue weighted by atomic mass is 16.4. The van der Waals surface area contributed by atoms with E-state index in [1.54, 1.807) is 15.8 Å². The molecule has 0 unspecified atom stereocenters. The van der Waals surface area contributed by atoms with Gasteiger partial charge in [0.2, 0.25) is 5.91 Å². The molecule has 1 amide bonds. The Morgan fingerprint density at radius 1 is 1.33 bits per heavy atom. The van der Waals surface area contributed by atoms with Gasteiger partial charge in [0.15, 0.2) is 0 Å². The predicted octanol–water partition coefficient (Wildman–Crippen LogP) is 2.14. The van der Waals surface area contributed by atoms with Crippen LogP contribution in [0.1, 0.15) is 33.1 Å². The molecule has 2 atom stereocenters. The van der Waals surface area contributed by atoms with Gasteiger partial charge in [0.1, 0.15) is 12.0 Å². The number of rotatable bonds is 6. The number of piperidine rings is 1. The molecule has 146 valence electrons. The van der Waals surface area contributed by atoms with Gasteiger partial charge >= 0.3 is 5.97 Å². The van der Waals surface area contributed by atoms with Crippen LogP contribution in [0.25, 0.3) is 10.9 Å². The molecule has 2 heterocycles. The molecule has 1 aromatic carbocycles. The first-order valence-corrected chi connectivity index (χ1v) is 9.43. The third-order valence-corrected chi connectivity index (χ3v) is 5.57. The maximum Gasteiger partial charge on any atom is 0.314 e. The Morgan fingerprint density at radius 3 is 2.78 bits per heavy atom. The van der Waals surface area contributed by atoms with Crippen molar-refractivity contribution >= 4 is 22.8 Å². The lowest BCUT2D eigenvalue weighted by Gasteiger charge is -2.43. The first-order valence-electron chi connectivity index (χ1n) is 9.43. The summed E-state index contributed by atoms with van der Waals surface area (Å²) in [5.74, 6) is -0.876. The Bertz CT molecular complexity index is 831. The summed E-state index contributed by atoms with van der Waals surface area (Å²) >= 11 is 0. The van der Waals surface area contributed by atoms with Crippen LogP contribution in [0.2, 0.25) is 0 Å². The van der Waals surface area contributed by atoms with E-state index in [0.717, 1.165) is 10.9 Å². The van der Waals surface area contributed by atoms with Gasteiger partial charge in [-0.3, -0.25) is 14.3 Å². The maximum atomic E-state index is 12.9. The van der Waals surface area contributed by atoms with Crippen molar-refractivity contribution in [1.29, 1.82) is 0 Å².